The van der Waals surface area contributed by atoms with E-state index in [9.17, 15) is 4.79 Å². The summed E-state index contributed by atoms with van der Waals surface area (Å²) in [5.41, 5.74) is 7.58. The van der Waals surface area contributed by atoms with E-state index in [1.54, 1.807) is 0 Å². The molecular weight excluding hydrogens is 248 g/mol. The van der Waals surface area contributed by atoms with Gasteiger partial charge in [-0.1, -0.05) is 45.2 Å². The number of carbonyl (C=O) groups is 1. The van der Waals surface area contributed by atoms with Gasteiger partial charge in [0.2, 0.25) is 5.91 Å². The lowest BCUT2D eigenvalue weighted by Crippen LogP contribution is -2.34. The highest BCUT2D eigenvalue weighted by atomic mass is 16.1. The molecule has 0 saturated heterocycles. The van der Waals surface area contributed by atoms with Crippen LogP contribution >= 0.6 is 0 Å². The quantitative estimate of drug-likeness (QED) is 0.676. The van der Waals surface area contributed by atoms with Crippen molar-refractivity contribution < 1.29 is 4.79 Å². The molecule has 0 aromatic heterocycles. The van der Waals surface area contributed by atoms with Crippen LogP contribution in [0.3, 0.4) is 0 Å². The van der Waals surface area contributed by atoms with Crippen LogP contribution in [-0.4, -0.2) is 11.9 Å². The normalized spacial score (nSPS) is 12.1. The van der Waals surface area contributed by atoms with Crippen molar-refractivity contribution in [2.24, 2.45) is 0 Å². The summed E-state index contributed by atoms with van der Waals surface area (Å²) in [5, 5.41) is 3.17. The van der Waals surface area contributed by atoms with Crippen molar-refractivity contribution in [2.45, 2.75) is 64.8 Å². The average molecular weight is 276 g/mol. The van der Waals surface area contributed by atoms with Gasteiger partial charge < -0.3 is 11.1 Å². The van der Waals surface area contributed by atoms with E-state index >= 15 is 0 Å². The van der Waals surface area contributed by atoms with Crippen LogP contribution in [0.25, 0.3) is 0 Å². The number of anilines is 1. The highest BCUT2D eigenvalue weighted by Crippen LogP contribution is 2.10. The van der Waals surface area contributed by atoms with Crippen molar-refractivity contribution in [3.63, 3.8) is 0 Å². The van der Waals surface area contributed by atoms with E-state index < -0.39 is 0 Å². The van der Waals surface area contributed by atoms with Crippen LogP contribution in [0.1, 0.15) is 57.9 Å². The fourth-order valence-electron chi connectivity index (χ4n) is 2.33. The van der Waals surface area contributed by atoms with Gasteiger partial charge in [0.1, 0.15) is 0 Å². The highest BCUT2D eigenvalue weighted by molar-refractivity contribution is 5.76. The predicted molar refractivity (Wildman–Crippen MR) is 85.5 cm³/mol. The second-order valence-electron chi connectivity index (χ2n) is 5.44. The van der Waals surface area contributed by atoms with Gasteiger partial charge in [0.25, 0.3) is 0 Å². The van der Waals surface area contributed by atoms with Gasteiger partial charge in [-0.05, 0) is 37.0 Å². The summed E-state index contributed by atoms with van der Waals surface area (Å²) in [4.78, 5) is 12.0. The van der Waals surface area contributed by atoms with E-state index in [2.05, 4.69) is 19.2 Å². The van der Waals surface area contributed by atoms with Gasteiger partial charge in [0.05, 0.1) is 0 Å². The van der Waals surface area contributed by atoms with Gasteiger partial charge in [-0.2, -0.15) is 0 Å². The van der Waals surface area contributed by atoms with E-state index in [0.29, 0.717) is 12.5 Å². The topological polar surface area (TPSA) is 55.1 Å². The van der Waals surface area contributed by atoms with Crippen LogP contribution < -0.4 is 11.1 Å². The lowest BCUT2D eigenvalue weighted by molar-refractivity contribution is -0.121. The standard InChI is InChI=1S/C17H28N2O/c1-3-5-7-16(6-4-2)19-17(20)13-10-14-8-11-15(18)12-9-14/h8-9,11-12,16H,3-7,10,13,18H2,1-2H3,(H,19,20). The minimum absolute atomic E-state index is 0.163. The van der Waals surface area contributed by atoms with E-state index in [0.717, 1.165) is 36.9 Å². The summed E-state index contributed by atoms with van der Waals surface area (Å²) in [6.07, 6.45) is 6.98. The van der Waals surface area contributed by atoms with Crippen LogP contribution in [-0.2, 0) is 11.2 Å². The van der Waals surface area contributed by atoms with E-state index in [4.69, 9.17) is 5.73 Å². The molecule has 3 nitrogen and oxygen atoms in total. The summed E-state index contributed by atoms with van der Waals surface area (Å²) >= 11 is 0. The minimum atomic E-state index is 0.163. The average Bonchev–Trinajstić information content (AvgIpc) is 2.44. The first-order chi connectivity index (χ1) is 9.65. The Hall–Kier alpha value is -1.51. The van der Waals surface area contributed by atoms with E-state index in [1.165, 1.54) is 12.8 Å². The molecule has 0 fully saturated rings. The van der Waals surface area contributed by atoms with Gasteiger partial charge in [-0.15, -0.1) is 0 Å². The van der Waals surface area contributed by atoms with Gasteiger partial charge >= 0.3 is 0 Å². The van der Waals surface area contributed by atoms with Crippen LogP contribution in [0.4, 0.5) is 5.69 Å². The molecule has 0 saturated carbocycles. The first-order valence-corrected chi connectivity index (χ1v) is 7.79. The Kier molecular flexibility index (Phi) is 7.78. The molecule has 0 aliphatic rings. The third-order valence-corrected chi connectivity index (χ3v) is 3.53. The molecule has 0 spiro atoms. The van der Waals surface area contributed by atoms with Crippen molar-refractivity contribution in [2.75, 3.05) is 5.73 Å². The number of nitrogen functional groups attached to an aromatic ring is 1. The summed E-state index contributed by atoms with van der Waals surface area (Å²) in [7, 11) is 0. The number of carbonyl (C=O) groups excluding carboxylic acids is 1. The van der Waals surface area contributed by atoms with Gasteiger partial charge in [-0.25, -0.2) is 0 Å². The van der Waals surface area contributed by atoms with Gasteiger partial charge in [0.15, 0.2) is 0 Å². The third-order valence-electron chi connectivity index (χ3n) is 3.53. The lowest BCUT2D eigenvalue weighted by atomic mass is 10.0. The van der Waals surface area contributed by atoms with Crippen molar-refractivity contribution in [1.29, 1.82) is 0 Å². The summed E-state index contributed by atoms with van der Waals surface area (Å²) < 4.78 is 0. The van der Waals surface area contributed by atoms with Crippen molar-refractivity contribution in [3.8, 4) is 0 Å². The second-order valence-corrected chi connectivity index (χ2v) is 5.44. The Bertz CT molecular complexity index is 386. The monoisotopic (exact) mass is 276 g/mol. The smallest absolute Gasteiger partial charge is 0.220 e. The third kappa shape index (κ3) is 6.60. The predicted octanol–water partition coefficient (Wildman–Crippen LogP) is 3.68. The van der Waals surface area contributed by atoms with E-state index in [-0.39, 0.29) is 5.91 Å². The fourth-order valence-corrected chi connectivity index (χ4v) is 2.33. The molecule has 0 bridgehead atoms. The molecular formula is C17H28N2O. The maximum Gasteiger partial charge on any atom is 0.220 e. The Balaban J connectivity index is 2.35. The molecule has 1 atom stereocenters. The molecule has 0 heterocycles. The summed E-state index contributed by atoms with van der Waals surface area (Å²) in [6.45, 7) is 4.35. The molecule has 0 radical (unpaired) electrons. The molecule has 20 heavy (non-hydrogen) atoms. The highest BCUT2D eigenvalue weighted by Gasteiger charge is 2.10. The first-order valence-electron chi connectivity index (χ1n) is 7.79. The van der Waals surface area contributed by atoms with Crippen LogP contribution in [0.5, 0.6) is 0 Å². The van der Waals surface area contributed by atoms with Gasteiger partial charge in [0, 0.05) is 18.2 Å². The number of nitrogens with two attached hydrogens (primary N) is 1. The zero-order valence-corrected chi connectivity index (χ0v) is 12.8. The molecule has 1 amide bonds. The Morgan fingerprint density at radius 3 is 2.45 bits per heavy atom. The van der Waals surface area contributed by atoms with Crippen molar-refractivity contribution in [3.05, 3.63) is 29.8 Å². The van der Waals surface area contributed by atoms with Crippen LogP contribution in [0, 0.1) is 0 Å². The molecule has 1 rings (SSSR count). The molecule has 1 unspecified atom stereocenters. The molecule has 1 aromatic rings. The largest absolute Gasteiger partial charge is 0.399 e. The van der Waals surface area contributed by atoms with Gasteiger partial charge in [-0.3, -0.25) is 4.79 Å². The zero-order chi connectivity index (χ0) is 14.8. The maximum atomic E-state index is 12.0. The zero-order valence-electron chi connectivity index (χ0n) is 12.8. The Labute approximate surface area is 122 Å². The number of hydrogen-bond donors (Lipinski definition) is 2. The number of unbranched alkanes of at least 4 members (excludes halogenated alkanes) is 1. The lowest BCUT2D eigenvalue weighted by Gasteiger charge is -2.17. The molecule has 3 heteroatoms. The van der Waals surface area contributed by atoms with E-state index in [1.807, 2.05) is 24.3 Å². The number of amides is 1. The van der Waals surface area contributed by atoms with Crippen LogP contribution in [0.2, 0.25) is 0 Å². The molecule has 0 aliphatic heterocycles. The Morgan fingerprint density at radius 1 is 1.15 bits per heavy atom. The SMILES string of the molecule is CCCCC(CCC)NC(=O)CCc1ccc(N)cc1. The van der Waals surface area contributed by atoms with Crippen molar-refractivity contribution >= 4 is 11.6 Å². The summed E-state index contributed by atoms with van der Waals surface area (Å²) in [5.74, 6) is 0.163. The second kappa shape index (κ2) is 9.40. The number of hydrogen-bond acceptors (Lipinski definition) is 2. The molecule has 0 aliphatic carbocycles. The number of rotatable bonds is 9. The number of benzene rings is 1. The Morgan fingerprint density at radius 2 is 1.85 bits per heavy atom. The van der Waals surface area contributed by atoms with Crippen molar-refractivity contribution in [1.82, 2.24) is 5.32 Å². The minimum Gasteiger partial charge on any atom is -0.399 e. The molecule has 1 aromatic carbocycles. The molecule has 112 valence electrons. The summed E-state index contributed by atoms with van der Waals surface area (Å²) in [6, 6.07) is 8.09. The fraction of sp³-hybridized carbons (Fsp3) is 0.588. The number of aryl methyl sites for hydroxylation is 1. The molecule has 3 N–H and O–H groups in total. The van der Waals surface area contributed by atoms with Crippen LogP contribution in [0.15, 0.2) is 24.3 Å². The first kappa shape index (κ1) is 16.5. The maximum absolute atomic E-state index is 12.0. The number of nitrogens with one attached hydrogen (secondary N) is 1.